The van der Waals surface area contributed by atoms with Gasteiger partial charge in [-0.2, -0.15) is 0 Å². The average molecular weight is 325 g/mol. The highest BCUT2D eigenvalue weighted by Gasteiger charge is 2.23. The van der Waals surface area contributed by atoms with Gasteiger partial charge in [-0.3, -0.25) is 0 Å². The maximum absolute atomic E-state index is 6.09. The SMILES string of the molecule is COCC(CNC1CC1)Oc1cc(Cl)c(Cl)cc1Cl. The summed E-state index contributed by atoms with van der Waals surface area (Å²) in [5, 5.41) is 4.68. The van der Waals surface area contributed by atoms with E-state index in [1.807, 2.05) is 0 Å². The Kier molecular flexibility index (Phi) is 5.60. The van der Waals surface area contributed by atoms with Crippen LogP contribution in [-0.2, 0) is 4.74 Å². The molecule has 0 saturated heterocycles. The number of benzene rings is 1. The van der Waals surface area contributed by atoms with E-state index in [9.17, 15) is 0 Å². The molecule has 1 N–H and O–H groups in total. The van der Waals surface area contributed by atoms with Crippen LogP contribution in [0.25, 0.3) is 0 Å². The fourth-order valence-corrected chi connectivity index (χ4v) is 2.26. The van der Waals surface area contributed by atoms with E-state index in [2.05, 4.69) is 5.32 Å². The van der Waals surface area contributed by atoms with Crippen LogP contribution in [0.2, 0.25) is 15.1 Å². The molecule has 1 atom stereocenters. The van der Waals surface area contributed by atoms with Gasteiger partial charge in [-0.1, -0.05) is 34.8 Å². The second-order valence-electron chi connectivity index (χ2n) is 4.57. The van der Waals surface area contributed by atoms with Crippen molar-refractivity contribution in [2.24, 2.45) is 0 Å². The first-order chi connectivity index (χ1) is 9.10. The molecule has 0 heterocycles. The molecule has 3 nitrogen and oxygen atoms in total. The van der Waals surface area contributed by atoms with Gasteiger partial charge in [0.05, 0.1) is 21.7 Å². The Balaban J connectivity index is 2.00. The van der Waals surface area contributed by atoms with E-state index in [0.717, 1.165) is 6.54 Å². The van der Waals surface area contributed by atoms with Crippen LogP contribution in [0, 0.1) is 0 Å². The van der Waals surface area contributed by atoms with Crippen LogP contribution in [0.3, 0.4) is 0 Å². The van der Waals surface area contributed by atoms with Crippen molar-refractivity contribution in [1.29, 1.82) is 0 Å². The Morgan fingerprint density at radius 1 is 1.21 bits per heavy atom. The predicted octanol–water partition coefficient (Wildman–Crippen LogP) is 3.79. The van der Waals surface area contributed by atoms with E-state index in [1.165, 1.54) is 12.8 Å². The summed E-state index contributed by atoms with van der Waals surface area (Å²) in [6.07, 6.45) is 2.35. The Labute approximate surface area is 128 Å². The number of hydrogen-bond donors (Lipinski definition) is 1. The molecule has 2 rings (SSSR count). The molecule has 1 aliphatic rings. The number of halogens is 3. The molecule has 1 aromatic rings. The minimum absolute atomic E-state index is 0.111. The zero-order valence-corrected chi connectivity index (χ0v) is 12.9. The molecule has 1 unspecified atom stereocenters. The molecule has 1 aromatic carbocycles. The van der Waals surface area contributed by atoms with Crippen LogP contribution >= 0.6 is 34.8 Å². The van der Waals surface area contributed by atoms with Gasteiger partial charge in [-0.05, 0) is 18.9 Å². The highest BCUT2D eigenvalue weighted by molar-refractivity contribution is 6.43. The van der Waals surface area contributed by atoms with Gasteiger partial charge < -0.3 is 14.8 Å². The second-order valence-corrected chi connectivity index (χ2v) is 5.80. The number of ether oxygens (including phenoxy) is 2. The van der Waals surface area contributed by atoms with Crippen LogP contribution in [0.4, 0.5) is 0 Å². The summed E-state index contributed by atoms with van der Waals surface area (Å²) in [7, 11) is 1.64. The molecule has 0 radical (unpaired) electrons. The fourth-order valence-electron chi connectivity index (χ4n) is 1.68. The lowest BCUT2D eigenvalue weighted by molar-refractivity contribution is 0.0805. The maximum atomic E-state index is 6.09. The van der Waals surface area contributed by atoms with Crippen molar-refractivity contribution < 1.29 is 9.47 Å². The summed E-state index contributed by atoms with van der Waals surface area (Å²) >= 11 is 17.9. The minimum atomic E-state index is -0.111. The largest absolute Gasteiger partial charge is 0.485 e. The van der Waals surface area contributed by atoms with Gasteiger partial charge in [0.25, 0.3) is 0 Å². The zero-order chi connectivity index (χ0) is 13.8. The first-order valence-electron chi connectivity index (χ1n) is 6.13. The highest BCUT2D eigenvalue weighted by atomic mass is 35.5. The molecular weight excluding hydrogens is 309 g/mol. The number of rotatable bonds is 7. The van der Waals surface area contributed by atoms with Crippen molar-refractivity contribution in [2.75, 3.05) is 20.3 Å². The Bertz CT molecular complexity index is 438. The normalized spacial score (nSPS) is 16.4. The third-order valence-electron chi connectivity index (χ3n) is 2.83. The molecule has 19 heavy (non-hydrogen) atoms. The van der Waals surface area contributed by atoms with Gasteiger partial charge >= 0.3 is 0 Å². The second kappa shape index (κ2) is 7.00. The molecule has 1 fully saturated rings. The lowest BCUT2D eigenvalue weighted by atomic mass is 10.3. The van der Waals surface area contributed by atoms with Gasteiger partial charge in [-0.15, -0.1) is 0 Å². The molecular formula is C13H16Cl3NO2. The molecule has 0 amide bonds. The van der Waals surface area contributed by atoms with Crippen LogP contribution in [0.5, 0.6) is 5.75 Å². The lowest BCUT2D eigenvalue weighted by Gasteiger charge is -2.20. The Hall–Kier alpha value is -0.190. The molecule has 6 heteroatoms. The summed E-state index contributed by atoms with van der Waals surface area (Å²) in [5.41, 5.74) is 0. The van der Waals surface area contributed by atoms with Crippen molar-refractivity contribution in [3.05, 3.63) is 27.2 Å². The monoisotopic (exact) mass is 323 g/mol. The van der Waals surface area contributed by atoms with Crippen molar-refractivity contribution >= 4 is 34.8 Å². The first kappa shape index (κ1) is 15.2. The van der Waals surface area contributed by atoms with Crippen LogP contribution < -0.4 is 10.1 Å². The third kappa shape index (κ3) is 4.69. The number of hydrogen-bond acceptors (Lipinski definition) is 3. The van der Waals surface area contributed by atoms with Gasteiger partial charge in [0.2, 0.25) is 0 Å². The van der Waals surface area contributed by atoms with Crippen LogP contribution in [-0.4, -0.2) is 32.4 Å². The quantitative estimate of drug-likeness (QED) is 0.774. The van der Waals surface area contributed by atoms with E-state index in [0.29, 0.717) is 33.5 Å². The topological polar surface area (TPSA) is 30.5 Å². The summed E-state index contributed by atoms with van der Waals surface area (Å²) in [6, 6.07) is 3.83. The summed E-state index contributed by atoms with van der Waals surface area (Å²) in [5.74, 6) is 0.524. The van der Waals surface area contributed by atoms with Crippen molar-refractivity contribution in [2.45, 2.75) is 25.0 Å². The van der Waals surface area contributed by atoms with Crippen molar-refractivity contribution in [1.82, 2.24) is 5.32 Å². The summed E-state index contributed by atoms with van der Waals surface area (Å²) in [6.45, 7) is 1.20. The van der Waals surface area contributed by atoms with Crippen LogP contribution in [0.15, 0.2) is 12.1 Å². The summed E-state index contributed by atoms with van der Waals surface area (Å²) in [4.78, 5) is 0. The van der Waals surface area contributed by atoms with E-state index in [1.54, 1.807) is 19.2 Å². The zero-order valence-electron chi connectivity index (χ0n) is 10.6. The van der Waals surface area contributed by atoms with Crippen molar-refractivity contribution in [3.8, 4) is 5.75 Å². The molecule has 0 spiro atoms. The molecule has 1 saturated carbocycles. The Morgan fingerprint density at radius 2 is 1.89 bits per heavy atom. The molecule has 0 bridgehead atoms. The van der Waals surface area contributed by atoms with Crippen LogP contribution in [0.1, 0.15) is 12.8 Å². The summed E-state index contributed by atoms with van der Waals surface area (Å²) < 4.78 is 11.0. The van der Waals surface area contributed by atoms with Gasteiger partial charge in [0, 0.05) is 25.8 Å². The maximum Gasteiger partial charge on any atom is 0.140 e. The van der Waals surface area contributed by atoms with E-state index >= 15 is 0 Å². The molecule has 1 aliphatic carbocycles. The van der Waals surface area contributed by atoms with E-state index in [-0.39, 0.29) is 6.10 Å². The molecule has 106 valence electrons. The highest BCUT2D eigenvalue weighted by Crippen LogP contribution is 2.34. The predicted molar refractivity (Wildman–Crippen MR) is 78.8 cm³/mol. The smallest absolute Gasteiger partial charge is 0.140 e. The minimum Gasteiger partial charge on any atom is -0.485 e. The standard InChI is InChI=1S/C13H16Cl3NO2/c1-18-7-9(6-17-8-2-3-8)19-13-5-11(15)10(14)4-12(13)16/h4-5,8-9,17H,2-3,6-7H2,1H3. The number of methoxy groups -OCH3 is 1. The Morgan fingerprint density at radius 3 is 2.53 bits per heavy atom. The van der Waals surface area contributed by atoms with Gasteiger partial charge in [0.15, 0.2) is 0 Å². The molecule has 0 aromatic heterocycles. The van der Waals surface area contributed by atoms with E-state index in [4.69, 9.17) is 44.3 Å². The fraction of sp³-hybridized carbons (Fsp3) is 0.538. The lowest BCUT2D eigenvalue weighted by Crippen LogP contribution is -2.36. The van der Waals surface area contributed by atoms with E-state index < -0.39 is 0 Å². The third-order valence-corrected chi connectivity index (χ3v) is 3.85. The van der Waals surface area contributed by atoms with Crippen molar-refractivity contribution in [3.63, 3.8) is 0 Å². The average Bonchev–Trinajstić information content (AvgIpc) is 3.17. The molecule has 0 aliphatic heterocycles. The van der Waals surface area contributed by atoms with Gasteiger partial charge in [0.1, 0.15) is 11.9 Å². The first-order valence-corrected chi connectivity index (χ1v) is 7.27. The number of nitrogens with one attached hydrogen (secondary N) is 1. The van der Waals surface area contributed by atoms with Gasteiger partial charge in [-0.25, -0.2) is 0 Å².